The molecule has 0 saturated carbocycles. The van der Waals surface area contributed by atoms with E-state index in [1.807, 2.05) is 48.5 Å². The molecule has 0 unspecified atom stereocenters. The SMILES string of the molecule is O=C(Nc1ccccc1)ONCCc1ccccc1. The van der Waals surface area contributed by atoms with Crippen LogP contribution in [0.1, 0.15) is 5.56 Å². The Morgan fingerprint density at radius 1 is 0.947 bits per heavy atom. The van der Waals surface area contributed by atoms with Gasteiger partial charge in [0, 0.05) is 12.2 Å². The fraction of sp³-hybridized carbons (Fsp3) is 0.133. The van der Waals surface area contributed by atoms with Crippen LogP contribution in [-0.4, -0.2) is 12.6 Å². The first kappa shape index (κ1) is 13.1. The highest BCUT2D eigenvalue weighted by molar-refractivity contribution is 5.84. The first-order valence-corrected chi connectivity index (χ1v) is 6.14. The summed E-state index contributed by atoms with van der Waals surface area (Å²) < 4.78 is 0. The number of carbonyl (C=O) groups excluding carboxylic acids is 1. The predicted octanol–water partition coefficient (Wildman–Crippen LogP) is 2.98. The van der Waals surface area contributed by atoms with E-state index in [2.05, 4.69) is 10.8 Å². The predicted molar refractivity (Wildman–Crippen MR) is 74.7 cm³/mol. The van der Waals surface area contributed by atoms with E-state index in [9.17, 15) is 4.79 Å². The summed E-state index contributed by atoms with van der Waals surface area (Å²) in [6.07, 6.45) is 0.290. The lowest BCUT2D eigenvalue weighted by atomic mass is 10.2. The van der Waals surface area contributed by atoms with Gasteiger partial charge in [0.2, 0.25) is 0 Å². The van der Waals surface area contributed by atoms with Gasteiger partial charge in [-0.15, -0.1) is 0 Å². The number of rotatable bonds is 5. The normalized spacial score (nSPS) is 9.89. The van der Waals surface area contributed by atoms with Crippen LogP contribution in [0.15, 0.2) is 60.7 Å². The maximum absolute atomic E-state index is 11.4. The molecule has 0 bridgehead atoms. The minimum absolute atomic E-state index is 0.515. The second-order valence-corrected chi connectivity index (χ2v) is 4.01. The van der Waals surface area contributed by atoms with Crippen molar-refractivity contribution >= 4 is 11.8 Å². The van der Waals surface area contributed by atoms with Gasteiger partial charge in [-0.1, -0.05) is 48.5 Å². The van der Waals surface area contributed by atoms with Crippen molar-refractivity contribution < 1.29 is 9.63 Å². The lowest BCUT2D eigenvalue weighted by Crippen LogP contribution is -2.25. The van der Waals surface area contributed by atoms with Crippen molar-refractivity contribution in [2.24, 2.45) is 0 Å². The average Bonchev–Trinajstić information content (AvgIpc) is 2.46. The Bertz CT molecular complexity index is 500. The Morgan fingerprint density at radius 2 is 1.58 bits per heavy atom. The van der Waals surface area contributed by atoms with E-state index in [0.29, 0.717) is 12.2 Å². The molecule has 0 aliphatic rings. The lowest BCUT2D eigenvalue weighted by molar-refractivity contribution is 0.104. The molecule has 0 aliphatic heterocycles. The molecule has 4 nitrogen and oxygen atoms in total. The van der Waals surface area contributed by atoms with Crippen LogP contribution in [0.5, 0.6) is 0 Å². The molecule has 0 atom stereocenters. The number of nitrogens with one attached hydrogen (secondary N) is 2. The van der Waals surface area contributed by atoms with Gasteiger partial charge in [0.05, 0.1) is 0 Å². The minimum atomic E-state index is -0.515. The second kappa shape index (κ2) is 7.18. The summed E-state index contributed by atoms with van der Waals surface area (Å²) in [5.41, 5.74) is 4.54. The summed E-state index contributed by atoms with van der Waals surface area (Å²) in [4.78, 5) is 16.3. The first-order valence-electron chi connectivity index (χ1n) is 6.14. The van der Waals surface area contributed by atoms with Crippen LogP contribution in [0.4, 0.5) is 10.5 Å². The highest BCUT2D eigenvalue weighted by Crippen LogP contribution is 2.04. The summed E-state index contributed by atoms with van der Waals surface area (Å²) >= 11 is 0. The van der Waals surface area contributed by atoms with Crippen molar-refractivity contribution in [3.63, 3.8) is 0 Å². The van der Waals surface area contributed by atoms with Gasteiger partial charge in [-0.3, -0.25) is 5.32 Å². The Hall–Kier alpha value is -2.33. The molecule has 19 heavy (non-hydrogen) atoms. The molecule has 4 heteroatoms. The minimum Gasteiger partial charge on any atom is -0.354 e. The number of para-hydroxylation sites is 1. The zero-order valence-corrected chi connectivity index (χ0v) is 10.5. The number of hydrogen-bond donors (Lipinski definition) is 2. The quantitative estimate of drug-likeness (QED) is 0.638. The number of benzene rings is 2. The Morgan fingerprint density at radius 3 is 2.26 bits per heavy atom. The standard InChI is InChI=1S/C15H16N2O2/c18-15(17-14-9-5-2-6-10-14)19-16-12-11-13-7-3-1-4-8-13/h1-10,16H,11-12H2,(H,17,18). The monoisotopic (exact) mass is 256 g/mol. The summed E-state index contributed by atoms with van der Waals surface area (Å²) in [5, 5.41) is 2.62. The van der Waals surface area contributed by atoms with Gasteiger partial charge in [0.15, 0.2) is 0 Å². The molecule has 0 heterocycles. The third-order valence-corrected chi connectivity index (χ3v) is 2.54. The van der Waals surface area contributed by atoms with Crippen LogP contribution in [-0.2, 0) is 11.3 Å². The van der Waals surface area contributed by atoms with Gasteiger partial charge < -0.3 is 4.84 Å². The van der Waals surface area contributed by atoms with Crippen molar-refractivity contribution in [1.29, 1.82) is 0 Å². The van der Waals surface area contributed by atoms with E-state index >= 15 is 0 Å². The molecule has 98 valence electrons. The van der Waals surface area contributed by atoms with Crippen LogP contribution in [0.2, 0.25) is 0 Å². The second-order valence-electron chi connectivity index (χ2n) is 4.01. The summed E-state index contributed by atoms with van der Waals surface area (Å²) in [6, 6.07) is 19.2. The number of hydrogen-bond acceptors (Lipinski definition) is 3. The maximum atomic E-state index is 11.4. The molecule has 0 spiro atoms. The molecule has 0 radical (unpaired) electrons. The number of anilines is 1. The van der Waals surface area contributed by atoms with Crippen LogP contribution < -0.4 is 10.8 Å². The largest absolute Gasteiger partial charge is 0.430 e. The smallest absolute Gasteiger partial charge is 0.354 e. The van der Waals surface area contributed by atoms with Gasteiger partial charge in [-0.25, -0.2) is 4.79 Å². The molecule has 2 N–H and O–H groups in total. The van der Waals surface area contributed by atoms with Crippen molar-refractivity contribution in [1.82, 2.24) is 5.48 Å². The van der Waals surface area contributed by atoms with Crippen molar-refractivity contribution in [2.75, 3.05) is 11.9 Å². The number of carbonyl (C=O) groups is 1. The average molecular weight is 256 g/mol. The third-order valence-electron chi connectivity index (χ3n) is 2.54. The Balaban J connectivity index is 1.65. The molecule has 1 amide bonds. The number of hydroxylamine groups is 1. The molecular formula is C15H16N2O2. The van der Waals surface area contributed by atoms with Gasteiger partial charge in [-0.2, -0.15) is 5.48 Å². The molecule has 2 aromatic carbocycles. The van der Waals surface area contributed by atoms with Crippen LogP contribution >= 0.6 is 0 Å². The summed E-state index contributed by atoms with van der Waals surface area (Å²) in [7, 11) is 0. The number of amides is 1. The lowest BCUT2D eigenvalue weighted by Gasteiger charge is -2.07. The van der Waals surface area contributed by atoms with E-state index in [4.69, 9.17) is 4.84 Å². The molecule has 2 rings (SSSR count). The Kier molecular flexibility index (Phi) is 4.96. The molecule has 2 aromatic rings. The van der Waals surface area contributed by atoms with E-state index in [0.717, 1.165) is 6.42 Å². The van der Waals surface area contributed by atoms with Crippen LogP contribution in [0.25, 0.3) is 0 Å². The summed E-state index contributed by atoms with van der Waals surface area (Å²) in [5.74, 6) is 0. The van der Waals surface area contributed by atoms with Crippen LogP contribution in [0, 0.1) is 0 Å². The Labute approximate surface area is 112 Å². The molecule has 0 aliphatic carbocycles. The fourth-order valence-electron chi connectivity index (χ4n) is 1.62. The van der Waals surface area contributed by atoms with Gasteiger partial charge >= 0.3 is 6.09 Å². The van der Waals surface area contributed by atoms with Crippen molar-refractivity contribution in [2.45, 2.75) is 6.42 Å². The van der Waals surface area contributed by atoms with Gasteiger partial charge in [-0.05, 0) is 24.1 Å². The molecule has 0 aromatic heterocycles. The molecule has 0 saturated heterocycles. The summed E-state index contributed by atoms with van der Waals surface area (Å²) in [6.45, 7) is 0.576. The van der Waals surface area contributed by atoms with E-state index < -0.39 is 6.09 Å². The van der Waals surface area contributed by atoms with Crippen LogP contribution in [0.3, 0.4) is 0 Å². The fourth-order valence-corrected chi connectivity index (χ4v) is 1.62. The zero-order chi connectivity index (χ0) is 13.3. The zero-order valence-electron chi connectivity index (χ0n) is 10.5. The van der Waals surface area contributed by atoms with Gasteiger partial charge in [0.25, 0.3) is 0 Å². The molecule has 0 fully saturated rings. The van der Waals surface area contributed by atoms with E-state index in [1.165, 1.54) is 5.56 Å². The topological polar surface area (TPSA) is 50.4 Å². The van der Waals surface area contributed by atoms with Crippen molar-refractivity contribution in [3.8, 4) is 0 Å². The maximum Gasteiger partial charge on any atom is 0.430 e. The molecular weight excluding hydrogens is 240 g/mol. The first-order chi connectivity index (χ1) is 9.34. The van der Waals surface area contributed by atoms with Gasteiger partial charge in [0.1, 0.15) is 0 Å². The highest BCUT2D eigenvalue weighted by atomic mass is 16.7. The van der Waals surface area contributed by atoms with E-state index in [1.54, 1.807) is 12.1 Å². The highest BCUT2D eigenvalue weighted by Gasteiger charge is 2.02. The van der Waals surface area contributed by atoms with Crippen molar-refractivity contribution in [3.05, 3.63) is 66.2 Å². The van der Waals surface area contributed by atoms with E-state index in [-0.39, 0.29) is 0 Å². The third kappa shape index (κ3) is 4.81.